The van der Waals surface area contributed by atoms with Gasteiger partial charge < -0.3 is 25.8 Å². The Morgan fingerprint density at radius 3 is 2.61 bits per heavy atom. The number of nitrogens with one attached hydrogen (secondary N) is 4. The number of amides is 2. The van der Waals surface area contributed by atoms with E-state index in [4.69, 9.17) is 4.74 Å². The number of pyridine rings is 1. The maximum absolute atomic E-state index is 12.7. The van der Waals surface area contributed by atoms with Crippen molar-refractivity contribution in [3.63, 3.8) is 0 Å². The van der Waals surface area contributed by atoms with E-state index >= 15 is 0 Å². The van der Waals surface area contributed by atoms with E-state index in [1.165, 1.54) is 0 Å². The lowest BCUT2D eigenvalue weighted by Crippen LogP contribution is -2.48. The first kappa shape index (κ1) is 26.1. The van der Waals surface area contributed by atoms with Crippen LogP contribution in [0.4, 0.5) is 10.6 Å². The summed E-state index contributed by atoms with van der Waals surface area (Å²) < 4.78 is 5.06. The fourth-order valence-electron chi connectivity index (χ4n) is 3.75. The molecule has 0 aliphatic carbocycles. The number of carbonyl (C=O) groups excluding carboxylic acids is 2. The number of hydrogen-bond acceptors (Lipinski definition) is 7. The van der Waals surface area contributed by atoms with Crippen molar-refractivity contribution >= 4 is 34.7 Å². The molecule has 0 aliphatic rings. The van der Waals surface area contributed by atoms with Gasteiger partial charge in [-0.2, -0.15) is 5.10 Å². The fourth-order valence-corrected chi connectivity index (χ4v) is 3.75. The molecule has 38 heavy (non-hydrogen) atoms. The molecule has 2 aromatic heterocycles. The van der Waals surface area contributed by atoms with E-state index < -0.39 is 24.0 Å². The van der Waals surface area contributed by atoms with Crippen LogP contribution < -0.4 is 16.0 Å². The lowest BCUT2D eigenvalue weighted by atomic mass is 10.1. The molecule has 0 saturated heterocycles. The molecule has 4 aromatic rings. The Morgan fingerprint density at radius 2 is 1.84 bits per heavy atom. The highest BCUT2D eigenvalue weighted by Gasteiger charge is 2.22. The number of nitrogens with zero attached hydrogens (tertiary/aromatic N) is 2. The molecule has 0 spiro atoms. The quantitative estimate of drug-likeness (QED) is 0.180. The van der Waals surface area contributed by atoms with E-state index in [0.29, 0.717) is 11.1 Å². The minimum atomic E-state index is -1.36. The number of rotatable bonds is 12. The number of hydrogen-bond donors (Lipinski definition) is 5. The predicted octanol–water partition coefficient (Wildman–Crippen LogP) is 3.11. The number of anilines is 1. The molecule has 0 bridgehead atoms. The summed E-state index contributed by atoms with van der Waals surface area (Å²) in [6, 6.07) is 18.4. The second kappa shape index (κ2) is 12.9. The third-order valence-electron chi connectivity index (χ3n) is 5.74. The summed E-state index contributed by atoms with van der Waals surface area (Å²) in [5.41, 5.74) is 2.68. The van der Waals surface area contributed by atoms with Crippen LogP contribution in [0.1, 0.15) is 28.0 Å². The van der Waals surface area contributed by atoms with Crippen molar-refractivity contribution in [1.82, 2.24) is 25.8 Å². The van der Waals surface area contributed by atoms with Crippen molar-refractivity contribution in [2.75, 3.05) is 18.4 Å². The average Bonchev–Trinajstić information content (AvgIpc) is 3.35. The molecule has 1 unspecified atom stereocenters. The van der Waals surface area contributed by atoms with Gasteiger partial charge in [0.15, 0.2) is 0 Å². The number of fused-ring (bicyclic) bond motifs is 1. The van der Waals surface area contributed by atoms with Crippen LogP contribution in [0.25, 0.3) is 10.9 Å². The van der Waals surface area contributed by atoms with Gasteiger partial charge in [-0.1, -0.05) is 42.5 Å². The Bertz CT molecular complexity index is 1380. The summed E-state index contributed by atoms with van der Waals surface area (Å²) >= 11 is 0. The number of alkyl carbamates (subject to hydrolysis) is 1. The molecule has 5 N–H and O–H groups in total. The van der Waals surface area contributed by atoms with Gasteiger partial charge in [0.05, 0.1) is 11.2 Å². The number of carboxylic acid groups (broad SMARTS) is 1. The molecule has 11 nitrogen and oxygen atoms in total. The molecule has 2 amide bonds. The van der Waals surface area contributed by atoms with Crippen molar-refractivity contribution in [1.29, 1.82) is 0 Å². The second-order valence-electron chi connectivity index (χ2n) is 8.48. The molecule has 2 heterocycles. The largest absolute Gasteiger partial charge is 0.480 e. The number of benzene rings is 2. The standard InChI is InChI=1S/C27H28N6O5/c34-25(30-16-23(26(35)36)31-27(37)38-17-18-7-2-1-3-8-18)19-11-12-20-21(32-33-22(20)15-19)9-6-14-29-24-10-4-5-13-28-24/h1-5,7-8,10-13,15,23H,6,9,14,16-17H2,(H,28,29)(H,30,34)(H,31,37)(H,32,33)(H,35,36). The smallest absolute Gasteiger partial charge is 0.408 e. The van der Waals surface area contributed by atoms with Crippen LogP contribution in [0, 0.1) is 0 Å². The van der Waals surface area contributed by atoms with Crippen molar-refractivity contribution < 1.29 is 24.2 Å². The SMILES string of the molecule is O=C(NC(CNC(=O)c1ccc2c(CCCNc3ccccn3)n[nH]c2c1)C(=O)O)OCc1ccccc1. The third-order valence-corrected chi connectivity index (χ3v) is 5.74. The average molecular weight is 517 g/mol. The second-order valence-corrected chi connectivity index (χ2v) is 8.48. The number of aromatic amines is 1. The summed E-state index contributed by atoms with van der Waals surface area (Å²) in [5.74, 6) is -0.957. The van der Waals surface area contributed by atoms with Crippen LogP contribution >= 0.6 is 0 Å². The Labute approximate surface area is 218 Å². The maximum atomic E-state index is 12.7. The van der Waals surface area contributed by atoms with Gasteiger partial charge in [-0.15, -0.1) is 0 Å². The highest BCUT2D eigenvalue weighted by atomic mass is 16.5. The molecule has 1 atom stereocenters. The van der Waals surface area contributed by atoms with Crippen LogP contribution in [-0.2, 0) is 22.6 Å². The number of carboxylic acids is 1. The van der Waals surface area contributed by atoms with Crippen molar-refractivity contribution in [2.45, 2.75) is 25.5 Å². The minimum absolute atomic E-state index is 0.00168. The highest BCUT2D eigenvalue weighted by Crippen LogP contribution is 2.19. The number of aliphatic carboxylic acids is 1. The molecule has 0 aliphatic heterocycles. The lowest BCUT2D eigenvalue weighted by Gasteiger charge is -2.15. The zero-order valence-corrected chi connectivity index (χ0v) is 20.5. The van der Waals surface area contributed by atoms with E-state index in [2.05, 4.69) is 31.1 Å². The van der Waals surface area contributed by atoms with Crippen molar-refractivity contribution in [2.24, 2.45) is 0 Å². The van der Waals surface area contributed by atoms with Gasteiger partial charge >= 0.3 is 12.1 Å². The number of aryl methyl sites for hydroxylation is 1. The van der Waals surface area contributed by atoms with Gasteiger partial charge in [0, 0.05) is 30.2 Å². The van der Waals surface area contributed by atoms with Crippen LogP contribution in [0.15, 0.2) is 72.9 Å². The Balaban J connectivity index is 1.26. The zero-order chi connectivity index (χ0) is 26.7. The van der Waals surface area contributed by atoms with Crippen LogP contribution in [0.5, 0.6) is 0 Å². The van der Waals surface area contributed by atoms with Gasteiger partial charge in [0.25, 0.3) is 5.91 Å². The number of carbonyl (C=O) groups is 3. The Kier molecular flexibility index (Phi) is 8.85. The van der Waals surface area contributed by atoms with Crippen LogP contribution in [-0.4, -0.2) is 57.4 Å². The topological polar surface area (TPSA) is 158 Å². The molecule has 0 saturated carbocycles. The summed E-state index contributed by atoms with van der Waals surface area (Å²) in [4.78, 5) is 40.5. The summed E-state index contributed by atoms with van der Waals surface area (Å²) in [5, 5.41) is 25.7. The summed E-state index contributed by atoms with van der Waals surface area (Å²) in [6.07, 6.45) is 2.42. The van der Waals surface area contributed by atoms with E-state index in [9.17, 15) is 19.5 Å². The third kappa shape index (κ3) is 7.29. The number of ether oxygens (including phenoxy) is 1. The molecule has 4 rings (SSSR count). The number of H-pyrrole nitrogens is 1. The van der Waals surface area contributed by atoms with Gasteiger partial charge in [-0.25, -0.2) is 14.6 Å². The first-order chi connectivity index (χ1) is 18.5. The Morgan fingerprint density at radius 1 is 1.03 bits per heavy atom. The van der Waals surface area contributed by atoms with Gasteiger partial charge in [-0.3, -0.25) is 9.89 Å². The summed E-state index contributed by atoms with van der Waals surface area (Å²) in [6.45, 7) is 0.423. The Hall–Kier alpha value is -4.93. The van der Waals surface area contributed by atoms with Gasteiger partial charge in [-0.05, 0) is 42.7 Å². The van der Waals surface area contributed by atoms with E-state index in [-0.39, 0.29) is 13.2 Å². The molecular weight excluding hydrogens is 488 g/mol. The number of aromatic nitrogens is 3. The highest BCUT2D eigenvalue weighted by molar-refractivity contribution is 5.98. The van der Waals surface area contributed by atoms with E-state index in [1.807, 2.05) is 30.3 Å². The van der Waals surface area contributed by atoms with Crippen molar-refractivity contribution in [3.8, 4) is 0 Å². The zero-order valence-electron chi connectivity index (χ0n) is 20.5. The van der Waals surface area contributed by atoms with E-state index in [1.54, 1.807) is 42.6 Å². The van der Waals surface area contributed by atoms with Crippen LogP contribution in [0.2, 0.25) is 0 Å². The predicted molar refractivity (Wildman–Crippen MR) is 141 cm³/mol. The minimum Gasteiger partial charge on any atom is -0.480 e. The van der Waals surface area contributed by atoms with E-state index in [0.717, 1.165) is 41.8 Å². The normalized spacial score (nSPS) is 11.5. The monoisotopic (exact) mass is 516 g/mol. The molecular formula is C27H28N6O5. The molecule has 2 aromatic carbocycles. The first-order valence-electron chi connectivity index (χ1n) is 12.1. The van der Waals surface area contributed by atoms with Crippen molar-refractivity contribution in [3.05, 3.63) is 89.7 Å². The molecule has 196 valence electrons. The van der Waals surface area contributed by atoms with Gasteiger partial charge in [0.1, 0.15) is 18.5 Å². The van der Waals surface area contributed by atoms with Gasteiger partial charge in [0.2, 0.25) is 0 Å². The van der Waals surface area contributed by atoms with Crippen LogP contribution in [0.3, 0.4) is 0 Å². The summed E-state index contributed by atoms with van der Waals surface area (Å²) in [7, 11) is 0. The first-order valence-corrected chi connectivity index (χ1v) is 12.1. The molecule has 11 heteroatoms. The fraction of sp³-hybridized carbons (Fsp3) is 0.222. The maximum Gasteiger partial charge on any atom is 0.408 e. The lowest BCUT2D eigenvalue weighted by molar-refractivity contribution is -0.139. The molecule has 0 fully saturated rings. The molecule has 0 radical (unpaired) electrons.